The summed E-state index contributed by atoms with van der Waals surface area (Å²) in [5.74, 6) is -2.91. The number of hydrogen-bond donors (Lipinski definition) is 5. The monoisotopic (exact) mass is 1140 g/mol. The van der Waals surface area contributed by atoms with Crippen LogP contribution in [0.2, 0.25) is 0 Å². The largest absolute Gasteiger partial charge is 0.459 e. The Kier molecular flexibility index (Phi) is 21.2. The fourth-order valence-corrected chi connectivity index (χ4v) is 12.6. The van der Waals surface area contributed by atoms with Crippen LogP contribution < -0.4 is 4.90 Å². The van der Waals surface area contributed by atoms with Gasteiger partial charge in [-0.1, -0.05) is 26.0 Å². The highest BCUT2D eigenvalue weighted by Gasteiger charge is 2.53. The molecule has 0 saturated carbocycles. The minimum Gasteiger partial charge on any atom is -0.459 e. The summed E-state index contributed by atoms with van der Waals surface area (Å²) in [4.78, 5) is 34.3. The molecule has 0 aliphatic carbocycles. The minimum atomic E-state index is -3.93. The molecule has 79 heavy (non-hydrogen) atoms. The number of sulfonamides is 1. The molecule has 24 nitrogen and oxygen atoms in total. The van der Waals surface area contributed by atoms with Crippen molar-refractivity contribution in [2.75, 3.05) is 59.8 Å². The maximum Gasteiger partial charge on any atom is 0.414 e. The van der Waals surface area contributed by atoms with E-state index in [1.807, 2.05) is 37.7 Å². The van der Waals surface area contributed by atoms with Crippen molar-refractivity contribution in [3.8, 4) is 0 Å². The number of aliphatic hydroxyl groups excluding tert-OH is 3. The van der Waals surface area contributed by atoms with Gasteiger partial charge in [0, 0.05) is 77.0 Å². The normalized spacial score (nSPS) is 38.9. The van der Waals surface area contributed by atoms with Crippen molar-refractivity contribution in [2.24, 2.45) is 22.2 Å². The van der Waals surface area contributed by atoms with E-state index in [-0.39, 0.29) is 43.2 Å². The molecule has 25 heteroatoms. The molecule has 4 fully saturated rings. The third-order valence-electron chi connectivity index (χ3n) is 16.5. The van der Waals surface area contributed by atoms with Gasteiger partial charge >= 0.3 is 12.1 Å². The summed E-state index contributed by atoms with van der Waals surface area (Å²) >= 11 is 0. The maximum absolute atomic E-state index is 14.5. The van der Waals surface area contributed by atoms with E-state index in [9.17, 15) is 43.5 Å². The molecular weight excluding hydrogens is 1050 g/mol. The molecule has 1 amide bonds. The number of likely N-dealkylation sites (N-methyl/N-ethyl adjacent to an activating group) is 2. The van der Waals surface area contributed by atoms with Gasteiger partial charge in [0.25, 0.3) is 10.0 Å². The third kappa shape index (κ3) is 15.2. The van der Waals surface area contributed by atoms with E-state index < -0.39 is 130 Å². The lowest BCUT2D eigenvalue weighted by atomic mass is 9.77. The first-order chi connectivity index (χ1) is 36.8. The van der Waals surface area contributed by atoms with Crippen LogP contribution in [0.5, 0.6) is 0 Å². The van der Waals surface area contributed by atoms with Crippen LogP contribution in [0.3, 0.4) is 0 Å². The number of aliphatic hydroxyl groups is 5. The van der Waals surface area contributed by atoms with Gasteiger partial charge in [-0.2, -0.15) is 8.42 Å². The quantitative estimate of drug-likeness (QED) is 0.0916. The smallest absolute Gasteiger partial charge is 0.414 e. The van der Waals surface area contributed by atoms with Gasteiger partial charge in [-0.25, -0.2) is 9.48 Å². The Balaban J connectivity index is 1.19. The van der Waals surface area contributed by atoms with Crippen molar-refractivity contribution in [3.63, 3.8) is 0 Å². The van der Waals surface area contributed by atoms with Gasteiger partial charge in [-0.05, 0) is 112 Å². The lowest BCUT2D eigenvalue weighted by Gasteiger charge is -2.49. The molecule has 4 aliphatic rings. The van der Waals surface area contributed by atoms with Gasteiger partial charge in [-0.15, -0.1) is 9.50 Å². The first-order valence-corrected chi connectivity index (χ1v) is 29.0. The van der Waals surface area contributed by atoms with E-state index in [0.717, 1.165) is 0 Å². The van der Waals surface area contributed by atoms with Crippen LogP contribution in [0, 0.1) is 17.8 Å². The summed E-state index contributed by atoms with van der Waals surface area (Å²) in [6.45, 7) is 18.6. The molecule has 1 unspecified atom stereocenters. The molecule has 0 spiro atoms. The zero-order chi connectivity index (χ0) is 58.7. The maximum atomic E-state index is 14.5. The lowest BCUT2D eigenvalue weighted by Crippen LogP contribution is -2.61. The van der Waals surface area contributed by atoms with Crippen LogP contribution in [0.1, 0.15) is 101 Å². The second kappa shape index (κ2) is 26.1. The Bertz CT molecular complexity index is 2470. The summed E-state index contributed by atoms with van der Waals surface area (Å²) in [7, 11) is 4.58. The second-order valence-corrected chi connectivity index (χ2v) is 25.3. The van der Waals surface area contributed by atoms with Crippen molar-refractivity contribution in [1.82, 2.24) is 29.7 Å². The van der Waals surface area contributed by atoms with Crippen LogP contribution in [-0.4, -0.2) is 233 Å². The number of methoxy groups -OCH3 is 1. The molecule has 1 aromatic heterocycles. The highest BCUT2D eigenvalue weighted by Crippen LogP contribution is 2.40. The van der Waals surface area contributed by atoms with Crippen molar-refractivity contribution >= 4 is 34.1 Å². The number of anilines is 1. The predicted octanol–water partition coefficient (Wildman–Crippen LogP) is 2.41. The zero-order valence-electron chi connectivity index (χ0n) is 48.8. The molecule has 0 radical (unpaired) electrons. The zero-order valence-corrected chi connectivity index (χ0v) is 49.6. The molecular formula is C54H90N8O16S. The van der Waals surface area contributed by atoms with E-state index >= 15 is 0 Å². The number of aromatic nitrogens is 3. The summed E-state index contributed by atoms with van der Waals surface area (Å²) in [6.07, 6.45) is -7.34. The van der Waals surface area contributed by atoms with E-state index in [0.29, 0.717) is 37.3 Å². The molecule has 4 aliphatic heterocycles. The van der Waals surface area contributed by atoms with E-state index in [2.05, 4.69) is 14.7 Å². The Labute approximate surface area is 466 Å². The molecule has 4 saturated heterocycles. The van der Waals surface area contributed by atoms with Crippen molar-refractivity contribution < 1.29 is 76.7 Å². The Morgan fingerprint density at radius 3 is 2.23 bits per heavy atom. The molecule has 19 atom stereocenters. The van der Waals surface area contributed by atoms with Gasteiger partial charge in [0.05, 0.1) is 65.2 Å². The minimum absolute atomic E-state index is 0.0184. The third-order valence-corrected chi connectivity index (χ3v) is 17.8. The van der Waals surface area contributed by atoms with Crippen LogP contribution in [-0.2, 0) is 60.9 Å². The fraction of sp³-hybridized carbons (Fsp3) is 0.796. The van der Waals surface area contributed by atoms with Crippen LogP contribution in [0.15, 0.2) is 39.8 Å². The SMILES string of the molecule is CC[C@H]1OC(=O)[C@H](C)[C@@H](O[C@H]2C[C@@](C)(OC)[C@@H](O)[C@H](C)O2)[C@H](C)[C@@H](OC2O[C@H](C)C[C@H](N(C)CCc3cn(C[C@H]4CN(c5ccc(S(=O)(=O)N=CN(C)C)cc5)C(=O)O4)nn3)[C@H]2O)[C@](C)(O)C[C@@H](C)CN(C)[C@H](C)[C@@H](O)[C@]1(C)O. The summed E-state index contributed by atoms with van der Waals surface area (Å²) in [6, 6.07) is 4.73. The van der Waals surface area contributed by atoms with Crippen LogP contribution in [0.25, 0.3) is 0 Å². The van der Waals surface area contributed by atoms with Crippen molar-refractivity contribution in [2.45, 2.75) is 209 Å². The molecule has 448 valence electrons. The number of amides is 1. The molecule has 5 heterocycles. The van der Waals surface area contributed by atoms with Gasteiger partial charge in [0.1, 0.15) is 42.5 Å². The Morgan fingerprint density at radius 2 is 1.59 bits per heavy atom. The van der Waals surface area contributed by atoms with Crippen molar-refractivity contribution in [1.29, 1.82) is 0 Å². The fourth-order valence-electron chi connectivity index (χ4n) is 11.7. The molecule has 0 bridgehead atoms. The first-order valence-electron chi connectivity index (χ1n) is 27.5. The topological polar surface area (TPSA) is 290 Å². The average molecular weight is 1140 g/mol. The number of ether oxygens (including phenoxy) is 7. The van der Waals surface area contributed by atoms with E-state index in [1.54, 1.807) is 73.4 Å². The number of carbonyl (C=O) groups excluding carboxylic acids is 2. The highest BCUT2D eigenvalue weighted by atomic mass is 32.2. The number of esters is 1. The second-order valence-electron chi connectivity index (χ2n) is 23.6. The van der Waals surface area contributed by atoms with E-state index in [4.69, 9.17) is 33.2 Å². The number of rotatable bonds is 16. The molecule has 1 aromatic carbocycles. The average Bonchev–Trinajstić information content (AvgIpc) is 4.01. The van der Waals surface area contributed by atoms with Gasteiger partial charge in [-0.3, -0.25) is 9.69 Å². The van der Waals surface area contributed by atoms with Crippen LogP contribution in [0.4, 0.5) is 10.5 Å². The first kappa shape index (κ1) is 64.2. The van der Waals surface area contributed by atoms with Crippen molar-refractivity contribution in [3.05, 3.63) is 36.2 Å². The lowest BCUT2D eigenvalue weighted by molar-refractivity contribution is -0.318. The Hall–Kier alpha value is -3.96. The number of hydrogen-bond acceptors (Lipinski definition) is 20. The predicted molar refractivity (Wildman–Crippen MR) is 290 cm³/mol. The molecule has 5 N–H and O–H groups in total. The molecule has 6 rings (SSSR count). The van der Waals surface area contributed by atoms with Gasteiger partial charge in [0.2, 0.25) is 0 Å². The van der Waals surface area contributed by atoms with E-state index in [1.165, 1.54) is 54.4 Å². The number of carbonyl (C=O) groups is 2. The van der Waals surface area contributed by atoms with Gasteiger partial charge in [0.15, 0.2) is 12.6 Å². The highest BCUT2D eigenvalue weighted by molar-refractivity contribution is 7.90. The standard InChI is InChI=1S/C54H90N8O16S/c1-16-42-54(10,69)46(64)35(6)60(14)26-31(2)24-52(8,68)48(33(4)45(34(5)49(66)76-42)77-43-25-53(9,72-15)47(65)36(7)74-43)78-50-44(63)41(23-32(3)73-50)59(13)22-21-37-27-61(57-56-37)28-39-29-62(51(67)75-39)38-17-19-40(20-18-38)79(70,71)55-30-58(11)12/h17-20,27,30-36,39,41-48,50,63-65,68-69H,16,21-26,28-29H2,1-15H3/t31-,32-,33+,34-,35-,36+,39+,41+,42-,43+,44-,45+,46-,47+,48-,50?,52-,53-,54-/m1/s1. The number of nitrogens with zero attached hydrogens (tertiary/aromatic N) is 8. The van der Waals surface area contributed by atoms with Crippen LogP contribution >= 0.6 is 0 Å². The Morgan fingerprint density at radius 1 is 0.924 bits per heavy atom. The summed E-state index contributed by atoms with van der Waals surface area (Å²) in [5.41, 5.74) is -3.51. The van der Waals surface area contributed by atoms with Gasteiger partial charge < -0.3 is 73.4 Å². The summed E-state index contributed by atoms with van der Waals surface area (Å²) in [5, 5.41) is 68.5. The summed E-state index contributed by atoms with van der Waals surface area (Å²) < 4.78 is 74.4. The number of benzene rings is 1. The number of cyclic esters (lactones) is 2. The molecule has 2 aromatic rings.